The van der Waals surface area contributed by atoms with Crippen LogP contribution in [0, 0.1) is 23.7 Å². The van der Waals surface area contributed by atoms with Crippen LogP contribution in [0.2, 0.25) is 0 Å². The minimum absolute atomic E-state index is 0.0661. The van der Waals surface area contributed by atoms with E-state index in [4.69, 9.17) is 0 Å². The summed E-state index contributed by atoms with van der Waals surface area (Å²) in [5.74, 6) is -3.58. The van der Waals surface area contributed by atoms with E-state index < -0.39 is 35.1 Å². The van der Waals surface area contributed by atoms with Crippen LogP contribution in [0.25, 0.3) is 0 Å². The number of hydrogen-bond donors (Lipinski definition) is 3. The molecule has 3 N–H and O–H groups in total. The van der Waals surface area contributed by atoms with Gasteiger partial charge in [-0.3, -0.25) is 4.79 Å². The number of carbonyl (C=O) groups is 1. The van der Waals surface area contributed by atoms with Gasteiger partial charge in [-0.25, -0.2) is 0 Å². The average Bonchev–Trinajstić information content (AvgIpc) is 2.37. The molecule has 4 aliphatic carbocycles. The van der Waals surface area contributed by atoms with Crippen LogP contribution >= 0.6 is 0 Å². The number of alkyl halides is 3. The summed E-state index contributed by atoms with van der Waals surface area (Å²) in [6, 6.07) is -0.244. The number of nitrogens with one attached hydrogen (secondary N) is 1. The first-order valence-corrected chi connectivity index (χ1v) is 8.24. The van der Waals surface area contributed by atoms with Crippen LogP contribution in [-0.4, -0.2) is 39.5 Å². The number of carbonyl (C=O) groups excluding carboxylic acids is 1. The second-order valence-corrected chi connectivity index (χ2v) is 8.12. The zero-order chi connectivity index (χ0) is 17.2. The van der Waals surface area contributed by atoms with Gasteiger partial charge in [0, 0.05) is 18.4 Å². The van der Waals surface area contributed by atoms with Gasteiger partial charge in [0.25, 0.3) is 0 Å². The number of rotatable bonds is 3. The third-order valence-corrected chi connectivity index (χ3v) is 6.23. The van der Waals surface area contributed by atoms with Crippen molar-refractivity contribution in [2.24, 2.45) is 23.7 Å². The number of aliphatic hydroxyl groups is 2. The van der Waals surface area contributed by atoms with Crippen molar-refractivity contribution in [2.75, 3.05) is 0 Å². The zero-order valence-electron chi connectivity index (χ0n) is 13.4. The monoisotopic (exact) mass is 335 g/mol. The van der Waals surface area contributed by atoms with Crippen molar-refractivity contribution >= 4 is 5.91 Å². The van der Waals surface area contributed by atoms with Crippen LogP contribution in [0.3, 0.4) is 0 Å². The molecule has 4 rings (SSSR count). The molecular formula is C16H24F3NO3. The molecule has 2 unspecified atom stereocenters. The summed E-state index contributed by atoms with van der Waals surface area (Å²) in [5.41, 5.74) is -1.76. The molecule has 0 aromatic carbocycles. The fourth-order valence-electron chi connectivity index (χ4n) is 5.10. The topological polar surface area (TPSA) is 69.6 Å². The predicted octanol–water partition coefficient (Wildman–Crippen LogP) is 1.99. The molecule has 2 atom stereocenters. The Kier molecular flexibility index (Phi) is 3.76. The van der Waals surface area contributed by atoms with Crippen molar-refractivity contribution < 1.29 is 28.2 Å². The van der Waals surface area contributed by atoms with Gasteiger partial charge < -0.3 is 15.5 Å². The highest BCUT2D eigenvalue weighted by Gasteiger charge is 2.60. The lowest BCUT2D eigenvalue weighted by Gasteiger charge is -2.61. The van der Waals surface area contributed by atoms with E-state index in [0.29, 0.717) is 32.1 Å². The molecule has 0 radical (unpaired) electrons. The molecule has 0 heterocycles. The van der Waals surface area contributed by atoms with Crippen molar-refractivity contribution in [3.8, 4) is 0 Å². The third kappa shape index (κ3) is 2.97. The first kappa shape index (κ1) is 17.0. The SMILES string of the molecule is CC(C(=O)NC1C2CC3(O)CC1CC(O)(C2)C3)C(C)C(F)(F)F. The van der Waals surface area contributed by atoms with Crippen LogP contribution in [0.5, 0.6) is 0 Å². The molecule has 23 heavy (non-hydrogen) atoms. The normalized spacial score (nSPS) is 44.9. The molecule has 4 nitrogen and oxygen atoms in total. The highest BCUT2D eigenvalue weighted by atomic mass is 19.4. The molecule has 0 saturated heterocycles. The Bertz CT molecular complexity index is 471. The summed E-state index contributed by atoms with van der Waals surface area (Å²) < 4.78 is 38.3. The van der Waals surface area contributed by atoms with E-state index in [1.165, 1.54) is 6.92 Å². The second-order valence-electron chi connectivity index (χ2n) is 8.12. The molecule has 7 heteroatoms. The Balaban J connectivity index is 1.69. The van der Waals surface area contributed by atoms with Crippen LogP contribution in [0.15, 0.2) is 0 Å². The largest absolute Gasteiger partial charge is 0.392 e. The van der Waals surface area contributed by atoms with E-state index in [0.717, 1.165) is 6.92 Å². The lowest BCUT2D eigenvalue weighted by atomic mass is 9.50. The fourth-order valence-corrected chi connectivity index (χ4v) is 5.10. The maximum atomic E-state index is 12.8. The minimum Gasteiger partial charge on any atom is -0.390 e. The van der Waals surface area contributed by atoms with Gasteiger partial charge in [0.2, 0.25) is 5.91 Å². The van der Waals surface area contributed by atoms with Gasteiger partial charge in [-0.2, -0.15) is 13.2 Å². The summed E-state index contributed by atoms with van der Waals surface area (Å²) >= 11 is 0. The van der Waals surface area contributed by atoms with Crippen molar-refractivity contribution in [2.45, 2.75) is 69.4 Å². The molecule has 132 valence electrons. The molecule has 0 aliphatic heterocycles. The number of hydrogen-bond acceptors (Lipinski definition) is 3. The van der Waals surface area contributed by atoms with Crippen molar-refractivity contribution in [1.29, 1.82) is 0 Å². The Morgan fingerprint density at radius 3 is 1.91 bits per heavy atom. The number of halogens is 3. The second kappa shape index (κ2) is 5.09. The first-order valence-electron chi connectivity index (χ1n) is 8.24. The van der Waals surface area contributed by atoms with E-state index in [1.54, 1.807) is 0 Å². The van der Waals surface area contributed by atoms with Crippen LogP contribution < -0.4 is 5.32 Å². The van der Waals surface area contributed by atoms with E-state index >= 15 is 0 Å². The van der Waals surface area contributed by atoms with Crippen molar-refractivity contribution in [3.63, 3.8) is 0 Å². The summed E-state index contributed by atoms with van der Waals surface area (Å²) in [6.07, 6.45) is -2.03. The van der Waals surface area contributed by atoms with Crippen LogP contribution in [0.1, 0.15) is 46.0 Å². The molecular weight excluding hydrogens is 311 g/mol. The predicted molar refractivity (Wildman–Crippen MR) is 76.3 cm³/mol. The molecule has 4 bridgehead atoms. The van der Waals surface area contributed by atoms with E-state index in [1.807, 2.05) is 0 Å². The summed E-state index contributed by atoms with van der Waals surface area (Å²) in [6.45, 7) is 2.32. The Morgan fingerprint density at radius 2 is 1.52 bits per heavy atom. The van der Waals surface area contributed by atoms with E-state index in [9.17, 15) is 28.2 Å². The summed E-state index contributed by atoms with van der Waals surface area (Å²) in [7, 11) is 0. The average molecular weight is 335 g/mol. The Hall–Kier alpha value is -0.820. The highest BCUT2D eigenvalue weighted by Crippen LogP contribution is 2.57. The molecule has 4 fully saturated rings. The van der Waals surface area contributed by atoms with Crippen LogP contribution in [-0.2, 0) is 4.79 Å². The quantitative estimate of drug-likeness (QED) is 0.739. The highest BCUT2D eigenvalue weighted by molar-refractivity contribution is 5.79. The Morgan fingerprint density at radius 1 is 1.09 bits per heavy atom. The Labute approximate surface area is 133 Å². The smallest absolute Gasteiger partial charge is 0.390 e. The van der Waals surface area contributed by atoms with Gasteiger partial charge >= 0.3 is 6.18 Å². The summed E-state index contributed by atoms with van der Waals surface area (Å²) in [5, 5.41) is 23.8. The summed E-state index contributed by atoms with van der Waals surface area (Å²) in [4.78, 5) is 12.2. The van der Waals surface area contributed by atoms with Gasteiger partial charge in [-0.1, -0.05) is 13.8 Å². The molecule has 4 saturated carbocycles. The van der Waals surface area contributed by atoms with Crippen LogP contribution in [0.4, 0.5) is 13.2 Å². The first-order chi connectivity index (χ1) is 10.4. The molecule has 0 spiro atoms. The van der Waals surface area contributed by atoms with Gasteiger partial charge in [0.05, 0.1) is 17.1 Å². The van der Waals surface area contributed by atoms with Gasteiger partial charge in [-0.15, -0.1) is 0 Å². The van der Waals surface area contributed by atoms with Crippen molar-refractivity contribution in [1.82, 2.24) is 5.32 Å². The van der Waals surface area contributed by atoms with Crippen molar-refractivity contribution in [3.05, 3.63) is 0 Å². The molecule has 1 amide bonds. The number of amides is 1. The van der Waals surface area contributed by atoms with Gasteiger partial charge in [0.15, 0.2) is 0 Å². The maximum absolute atomic E-state index is 12.8. The lowest BCUT2D eigenvalue weighted by molar-refractivity contribution is -0.210. The fraction of sp³-hybridized carbons (Fsp3) is 0.938. The van der Waals surface area contributed by atoms with E-state index in [2.05, 4.69) is 5.32 Å². The minimum atomic E-state index is -4.40. The standard InChI is InChI=1S/C16H24F3NO3/c1-8(9(2)16(17,18)19)13(21)20-12-10-3-14(22)5-11(12)6-15(23,4-10)7-14/h8-12,22-23H,3-7H2,1-2H3,(H,20,21). The zero-order valence-corrected chi connectivity index (χ0v) is 13.4. The maximum Gasteiger partial charge on any atom is 0.392 e. The van der Waals surface area contributed by atoms with Gasteiger partial charge in [0.1, 0.15) is 0 Å². The van der Waals surface area contributed by atoms with E-state index in [-0.39, 0.29) is 17.9 Å². The molecule has 4 aliphatic rings. The third-order valence-electron chi connectivity index (χ3n) is 6.23. The molecule has 0 aromatic rings. The lowest BCUT2D eigenvalue weighted by Crippen LogP contribution is -2.67. The van der Waals surface area contributed by atoms with Gasteiger partial charge in [-0.05, 0) is 37.5 Å². The molecule has 0 aromatic heterocycles.